The quantitative estimate of drug-likeness (QED) is 0.886. The van der Waals surface area contributed by atoms with Crippen LogP contribution in [0.1, 0.15) is 36.6 Å². The Morgan fingerprint density at radius 3 is 2.48 bits per heavy atom. The number of carbonyl (C=O) groups is 1. The van der Waals surface area contributed by atoms with E-state index < -0.39 is 0 Å². The van der Waals surface area contributed by atoms with Crippen molar-refractivity contribution in [3.63, 3.8) is 0 Å². The molecule has 0 radical (unpaired) electrons. The van der Waals surface area contributed by atoms with Gasteiger partial charge in [-0.3, -0.25) is 4.79 Å². The number of nitrogens with two attached hydrogens (primary N) is 1. The number of hydrogen-bond donors (Lipinski definition) is 2. The molecular formula is C17H19ClN2O. The molecule has 0 spiro atoms. The summed E-state index contributed by atoms with van der Waals surface area (Å²) in [5, 5.41) is 3.61. The molecule has 1 amide bonds. The zero-order valence-electron chi connectivity index (χ0n) is 11.9. The van der Waals surface area contributed by atoms with Crippen molar-refractivity contribution in [3.05, 3.63) is 70.7 Å². The first-order chi connectivity index (χ1) is 10.1. The summed E-state index contributed by atoms with van der Waals surface area (Å²) in [6.45, 7) is 1.93. The van der Waals surface area contributed by atoms with Gasteiger partial charge >= 0.3 is 0 Å². The number of carbonyl (C=O) groups excluding carboxylic acids is 1. The van der Waals surface area contributed by atoms with Crippen LogP contribution in [-0.2, 0) is 4.79 Å². The fourth-order valence-corrected chi connectivity index (χ4v) is 2.38. The molecule has 0 aliphatic heterocycles. The second kappa shape index (κ2) is 7.25. The first kappa shape index (κ1) is 15.5. The van der Waals surface area contributed by atoms with Gasteiger partial charge in [-0.1, -0.05) is 54.1 Å². The Hall–Kier alpha value is -1.84. The number of halogens is 1. The van der Waals surface area contributed by atoms with Gasteiger partial charge in [0.2, 0.25) is 5.91 Å². The third kappa shape index (κ3) is 4.59. The predicted octanol–water partition coefficient (Wildman–Crippen LogP) is 3.61. The van der Waals surface area contributed by atoms with E-state index in [1.807, 2.05) is 61.5 Å². The number of amides is 1. The first-order valence-corrected chi connectivity index (χ1v) is 7.29. The van der Waals surface area contributed by atoms with Crippen molar-refractivity contribution in [1.82, 2.24) is 5.32 Å². The van der Waals surface area contributed by atoms with E-state index in [4.69, 9.17) is 17.3 Å². The first-order valence-electron chi connectivity index (χ1n) is 6.91. The van der Waals surface area contributed by atoms with E-state index in [0.717, 1.165) is 11.1 Å². The fourth-order valence-electron chi connectivity index (χ4n) is 2.18. The molecule has 0 aliphatic rings. The van der Waals surface area contributed by atoms with Gasteiger partial charge in [0.15, 0.2) is 0 Å². The zero-order valence-corrected chi connectivity index (χ0v) is 12.7. The summed E-state index contributed by atoms with van der Waals surface area (Å²) in [6, 6.07) is 16.7. The summed E-state index contributed by atoms with van der Waals surface area (Å²) in [4.78, 5) is 12.1. The van der Waals surface area contributed by atoms with Gasteiger partial charge in [0.1, 0.15) is 0 Å². The minimum Gasteiger partial charge on any atom is -0.350 e. The molecule has 3 N–H and O–H groups in total. The lowest BCUT2D eigenvalue weighted by Crippen LogP contribution is -2.29. The van der Waals surface area contributed by atoms with Crippen molar-refractivity contribution >= 4 is 17.5 Å². The third-order valence-corrected chi connectivity index (χ3v) is 3.59. The van der Waals surface area contributed by atoms with Crippen LogP contribution in [0.3, 0.4) is 0 Å². The van der Waals surface area contributed by atoms with Gasteiger partial charge in [0.25, 0.3) is 0 Å². The average molecular weight is 303 g/mol. The largest absolute Gasteiger partial charge is 0.350 e. The molecule has 3 nitrogen and oxygen atoms in total. The highest BCUT2D eigenvalue weighted by Crippen LogP contribution is 2.18. The van der Waals surface area contributed by atoms with Crippen molar-refractivity contribution in [2.45, 2.75) is 25.4 Å². The van der Waals surface area contributed by atoms with Crippen molar-refractivity contribution in [3.8, 4) is 0 Å². The second-order valence-corrected chi connectivity index (χ2v) is 5.50. The smallest absolute Gasteiger partial charge is 0.222 e. The monoisotopic (exact) mass is 302 g/mol. The van der Waals surface area contributed by atoms with Crippen molar-refractivity contribution in [1.29, 1.82) is 0 Å². The molecule has 0 bridgehead atoms. The van der Waals surface area contributed by atoms with Crippen LogP contribution in [0.25, 0.3) is 0 Å². The molecule has 2 rings (SSSR count). The Kier molecular flexibility index (Phi) is 5.37. The maximum Gasteiger partial charge on any atom is 0.222 e. The molecule has 1 unspecified atom stereocenters. The van der Waals surface area contributed by atoms with E-state index in [1.54, 1.807) is 0 Å². The van der Waals surface area contributed by atoms with Gasteiger partial charge in [0.05, 0.1) is 6.04 Å². The van der Waals surface area contributed by atoms with Crippen LogP contribution in [-0.4, -0.2) is 5.91 Å². The van der Waals surface area contributed by atoms with E-state index in [9.17, 15) is 4.79 Å². The van der Waals surface area contributed by atoms with Gasteiger partial charge in [-0.05, 0) is 30.2 Å². The molecule has 21 heavy (non-hydrogen) atoms. The Bertz CT molecular complexity index is 601. The van der Waals surface area contributed by atoms with Crippen molar-refractivity contribution < 1.29 is 4.79 Å². The molecule has 0 saturated heterocycles. The normalized spacial score (nSPS) is 13.5. The molecule has 110 valence electrons. The fraction of sp³-hybridized carbons (Fsp3) is 0.235. The van der Waals surface area contributed by atoms with E-state index in [0.29, 0.717) is 5.02 Å². The van der Waals surface area contributed by atoms with Crippen molar-refractivity contribution in [2.75, 3.05) is 0 Å². The molecule has 0 aromatic heterocycles. The van der Waals surface area contributed by atoms with Crippen LogP contribution in [0.2, 0.25) is 5.02 Å². The highest BCUT2D eigenvalue weighted by molar-refractivity contribution is 6.30. The Labute approximate surface area is 130 Å². The molecule has 0 aliphatic carbocycles. The van der Waals surface area contributed by atoms with Crippen LogP contribution in [0.15, 0.2) is 54.6 Å². The molecule has 2 aromatic rings. The summed E-state index contributed by atoms with van der Waals surface area (Å²) in [7, 11) is 0. The maximum absolute atomic E-state index is 12.1. The number of benzene rings is 2. The number of rotatable bonds is 5. The summed E-state index contributed by atoms with van der Waals surface area (Å²) in [6.07, 6.45) is 0.259. The lowest BCUT2D eigenvalue weighted by molar-refractivity contribution is -0.122. The van der Waals surface area contributed by atoms with Crippen molar-refractivity contribution in [2.24, 2.45) is 5.73 Å². The van der Waals surface area contributed by atoms with Gasteiger partial charge in [-0.2, -0.15) is 0 Å². The molecule has 0 fully saturated rings. The van der Waals surface area contributed by atoms with Crippen LogP contribution < -0.4 is 11.1 Å². The maximum atomic E-state index is 12.1. The molecule has 0 heterocycles. The average Bonchev–Trinajstić information content (AvgIpc) is 2.48. The highest BCUT2D eigenvalue weighted by Gasteiger charge is 2.14. The van der Waals surface area contributed by atoms with Gasteiger partial charge in [-0.25, -0.2) is 0 Å². The van der Waals surface area contributed by atoms with E-state index in [-0.39, 0.29) is 24.4 Å². The standard InChI is InChI=1S/C17H19ClN2O/c1-12(14-8-5-9-15(18)10-14)20-17(21)11-16(19)13-6-3-2-4-7-13/h2-10,12,16H,11,19H2,1H3,(H,20,21)/t12-,16?/m0/s1. The van der Waals surface area contributed by atoms with Gasteiger partial charge in [0, 0.05) is 17.5 Å². The topological polar surface area (TPSA) is 55.1 Å². The van der Waals surface area contributed by atoms with Crippen LogP contribution >= 0.6 is 11.6 Å². The molecule has 0 saturated carbocycles. The number of nitrogens with one attached hydrogen (secondary N) is 1. The summed E-state index contributed by atoms with van der Waals surface area (Å²) < 4.78 is 0. The summed E-state index contributed by atoms with van der Waals surface area (Å²) in [5.41, 5.74) is 7.99. The Morgan fingerprint density at radius 2 is 1.81 bits per heavy atom. The van der Waals surface area contributed by atoms with Gasteiger partial charge in [-0.15, -0.1) is 0 Å². The number of hydrogen-bond acceptors (Lipinski definition) is 2. The van der Waals surface area contributed by atoms with E-state index in [2.05, 4.69) is 5.32 Å². The summed E-state index contributed by atoms with van der Waals surface area (Å²) in [5.74, 6) is -0.0705. The zero-order chi connectivity index (χ0) is 15.2. The lowest BCUT2D eigenvalue weighted by Gasteiger charge is -2.17. The SMILES string of the molecule is C[C@H](NC(=O)CC(N)c1ccccc1)c1cccc(Cl)c1. The van der Waals surface area contributed by atoms with Crippen LogP contribution in [0, 0.1) is 0 Å². The van der Waals surface area contributed by atoms with Gasteiger partial charge < -0.3 is 11.1 Å². The highest BCUT2D eigenvalue weighted by atomic mass is 35.5. The minimum atomic E-state index is -0.294. The molecule has 2 aromatic carbocycles. The van der Waals surface area contributed by atoms with E-state index in [1.165, 1.54) is 0 Å². The van der Waals surface area contributed by atoms with Crippen LogP contribution in [0.4, 0.5) is 0 Å². The Morgan fingerprint density at radius 1 is 1.14 bits per heavy atom. The molecular weight excluding hydrogens is 284 g/mol. The predicted molar refractivity (Wildman–Crippen MR) is 86.0 cm³/mol. The second-order valence-electron chi connectivity index (χ2n) is 5.07. The van der Waals surface area contributed by atoms with Crippen LogP contribution in [0.5, 0.6) is 0 Å². The van der Waals surface area contributed by atoms with E-state index >= 15 is 0 Å². The minimum absolute atomic E-state index is 0.0705. The third-order valence-electron chi connectivity index (χ3n) is 3.36. The lowest BCUT2D eigenvalue weighted by atomic mass is 10.0. The summed E-state index contributed by atoms with van der Waals surface area (Å²) >= 11 is 5.96. The Balaban J connectivity index is 1.92. The molecule has 2 atom stereocenters. The molecule has 4 heteroatoms.